The molecule has 0 aromatic heterocycles. The first-order valence-corrected chi connectivity index (χ1v) is 13.9. The Hall–Kier alpha value is -3.04. The summed E-state index contributed by atoms with van der Waals surface area (Å²) in [7, 11) is 0. The number of hydrogen-bond donors (Lipinski definition) is 1. The molecule has 0 spiro atoms. The molecule has 8 nitrogen and oxygen atoms in total. The quantitative estimate of drug-likeness (QED) is 0.282. The number of benzene rings is 2. The zero-order valence-electron chi connectivity index (χ0n) is 23.1. The molecule has 3 rings (SSSR count). The van der Waals surface area contributed by atoms with Crippen LogP contribution in [0.3, 0.4) is 0 Å². The van der Waals surface area contributed by atoms with Crippen molar-refractivity contribution in [3.8, 4) is 0 Å². The Morgan fingerprint density at radius 3 is 2.05 bits per heavy atom. The first-order valence-electron chi connectivity index (χ1n) is 13.9. The fourth-order valence-corrected chi connectivity index (χ4v) is 4.09. The number of ether oxygens (including phenoxy) is 4. The summed E-state index contributed by atoms with van der Waals surface area (Å²) >= 11 is 0. The van der Waals surface area contributed by atoms with Crippen molar-refractivity contribution in [3.63, 3.8) is 0 Å². The molecule has 1 heterocycles. The fraction of sp³-hybridized carbons (Fsp3) is 0.484. The van der Waals surface area contributed by atoms with E-state index in [9.17, 15) is 9.59 Å². The average Bonchev–Trinajstić information content (AvgIpc) is 2.95. The Morgan fingerprint density at radius 2 is 1.33 bits per heavy atom. The SMILES string of the molecule is CCCCOCCOCCOCCOCCNC(=O)CCC(=O)N1Cc2ccccc2/C=C\c2ccccc21. The molecule has 8 heteroatoms. The van der Waals surface area contributed by atoms with E-state index < -0.39 is 0 Å². The number of fused-ring (bicyclic) bond motifs is 2. The molecular formula is C31H42N2O6. The van der Waals surface area contributed by atoms with Crippen LogP contribution < -0.4 is 10.2 Å². The molecule has 1 N–H and O–H groups in total. The molecule has 2 amide bonds. The van der Waals surface area contributed by atoms with Crippen molar-refractivity contribution in [2.75, 3.05) is 64.3 Å². The summed E-state index contributed by atoms with van der Waals surface area (Å²) in [5.41, 5.74) is 3.99. The molecule has 0 aliphatic carbocycles. The molecule has 0 atom stereocenters. The molecule has 2 aromatic rings. The van der Waals surface area contributed by atoms with Crippen molar-refractivity contribution < 1.29 is 28.5 Å². The Labute approximate surface area is 232 Å². The topological polar surface area (TPSA) is 86.3 Å². The third-order valence-corrected chi connectivity index (χ3v) is 6.25. The Morgan fingerprint density at radius 1 is 0.744 bits per heavy atom. The van der Waals surface area contributed by atoms with Crippen molar-refractivity contribution in [1.29, 1.82) is 0 Å². The highest BCUT2D eigenvalue weighted by Gasteiger charge is 2.21. The van der Waals surface area contributed by atoms with Crippen LogP contribution in [-0.4, -0.2) is 71.2 Å². The molecule has 0 radical (unpaired) electrons. The van der Waals surface area contributed by atoms with Crippen molar-refractivity contribution >= 4 is 29.7 Å². The van der Waals surface area contributed by atoms with Gasteiger partial charge in [0.1, 0.15) is 0 Å². The van der Waals surface area contributed by atoms with Gasteiger partial charge in [0.05, 0.1) is 58.5 Å². The predicted molar refractivity (Wildman–Crippen MR) is 153 cm³/mol. The van der Waals surface area contributed by atoms with Crippen LogP contribution in [0.5, 0.6) is 0 Å². The van der Waals surface area contributed by atoms with Crippen molar-refractivity contribution in [2.45, 2.75) is 39.2 Å². The van der Waals surface area contributed by atoms with E-state index in [0.717, 1.165) is 41.8 Å². The second kappa shape index (κ2) is 18.3. The van der Waals surface area contributed by atoms with E-state index in [1.165, 1.54) is 0 Å². The molecule has 39 heavy (non-hydrogen) atoms. The molecule has 0 fully saturated rings. The van der Waals surface area contributed by atoms with Crippen molar-refractivity contribution in [3.05, 3.63) is 65.2 Å². The first kappa shape index (κ1) is 30.5. The van der Waals surface area contributed by atoms with Gasteiger partial charge in [0.2, 0.25) is 11.8 Å². The maximum Gasteiger partial charge on any atom is 0.227 e. The number of amides is 2. The van der Waals surface area contributed by atoms with Gasteiger partial charge in [0, 0.05) is 26.0 Å². The average molecular weight is 539 g/mol. The van der Waals surface area contributed by atoms with E-state index in [1.54, 1.807) is 4.90 Å². The van der Waals surface area contributed by atoms with Gasteiger partial charge in [0.15, 0.2) is 0 Å². The number of nitrogens with one attached hydrogen (secondary N) is 1. The van der Waals surface area contributed by atoms with Gasteiger partial charge >= 0.3 is 0 Å². The van der Waals surface area contributed by atoms with E-state index in [-0.39, 0.29) is 24.7 Å². The lowest BCUT2D eigenvalue weighted by atomic mass is 10.0. The van der Waals surface area contributed by atoms with Gasteiger partial charge in [-0.2, -0.15) is 0 Å². The highest BCUT2D eigenvalue weighted by Crippen LogP contribution is 2.29. The van der Waals surface area contributed by atoms with Crippen LogP contribution in [-0.2, 0) is 35.1 Å². The zero-order chi connectivity index (χ0) is 27.5. The molecular weight excluding hydrogens is 496 g/mol. The third-order valence-electron chi connectivity index (χ3n) is 6.25. The van der Waals surface area contributed by atoms with Gasteiger partial charge in [-0.05, 0) is 29.2 Å². The summed E-state index contributed by atoms with van der Waals surface area (Å²) in [4.78, 5) is 27.3. The molecule has 2 aromatic carbocycles. The van der Waals surface area contributed by atoms with E-state index in [4.69, 9.17) is 18.9 Å². The monoisotopic (exact) mass is 538 g/mol. The Kier molecular flexibility index (Phi) is 14.3. The number of para-hydroxylation sites is 1. The molecule has 0 saturated carbocycles. The summed E-state index contributed by atoms with van der Waals surface area (Å²) in [6.45, 7) is 7.29. The van der Waals surface area contributed by atoms with Crippen molar-refractivity contribution in [2.24, 2.45) is 0 Å². The van der Waals surface area contributed by atoms with Gasteiger partial charge in [-0.15, -0.1) is 0 Å². The van der Waals surface area contributed by atoms with Gasteiger partial charge in [-0.25, -0.2) is 0 Å². The lowest BCUT2D eigenvalue weighted by Crippen LogP contribution is -2.33. The van der Waals surface area contributed by atoms with Crippen LogP contribution in [0.25, 0.3) is 12.2 Å². The lowest BCUT2D eigenvalue weighted by molar-refractivity contribution is -0.125. The van der Waals surface area contributed by atoms with Crippen LogP contribution in [0.1, 0.15) is 49.3 Å². The Balaban J connectivity index is 1.27. The number of anilines is 1. The largest absolute Gasteiger partial charge is 0.379 e. The maximum absolute atomic E-state index is 13.2. The number of hydrogen-bond acceptors (Lipinski definition) is 6. The van der Waals surface area contributed by atoms with Gasteiger partial charge in [-0.3, -0.25) is 9.59 Å². The Bertz CT molecular complexity index is 1040. The molecule has 1 aliphatic heterocycles. The van der Waals surface area contributed by atoms with Crippen LogP contribution in [0.15, 0.2) is 48.5 Å². The highest BCUT2D eigenvalue weighted by molar-refractivity contribution is 5.98. The number of carbonyl (C=O) groups excluding carboxylic acids is 2. The lowest BCUT2D eigenvalue weighted by Gasteiger charge is -2.27. The summed E-state index contributed by atoms with van der Waals surface area (Å²) in [6, 6.07) is 15.9. The molecule has 0 unspecified atom stereocenters. The second-order valence-electron chi connectivity index (χ2n) is 9.22. The maximum atomic E-state index is 13.2. The predicted octanol–water partition coefficient (Wildman–Crippen LogP) is 4.47. The van der Waals surface area contributed by atoms with Gasteiger partial charge < -0.3 is 29.2 Å². The fourth-order valence-electron chi connectivity index (χ4n) is 4.09. The van der Waals surface area contributed by atoms with E-state index >= 15 is 0 Å². The normalized spacial score (nSPS) is 13.2. The van der Waals surface area contributed by atoms with Crippen LogP contribution in [0.2, 0.25) is 0 Å². The number of unbranched alkanes of at least 4 members (excludes halogenated alkanes) is 1. The van der Waals surface area contributed by atoms with Gasteiger partial charge in [0.25, 0.3) is 0 Å². The molecule has 212 valence electrons. The zero-order valence-corrected chi connectivity index (χ0v) is 23.1. The minimum Gasteiger partial charge on any atom is -0.379 e. The number of rotatable bonds is 18. The molecule has 0 bridgehead atoms. The minimum atomic E-state index is -0.167. The minimum absolute atomic E-state index is 0.0795. The second-order valence-corrected chi connectivity index (χ2v) is 9.22. The van der Waals surface area contributed by atoms with Crippen LogP contribution in [0.4, 0.5) is 5.69 Å². The highest BCUT2D eigenvalue weighted by atomic mass is 16.6. The van der Waals surface area contributed by atoms with E-state index in [2.05, 4.69) is 18.3 Å². The molecule has 0 saturated heterocycles. The van der Waals surface area contributed by atoms with Crippen LogP contribution in [0, 0.1) is 0 Å². The smallest absolute Gasteiger partial charge is 0.227 e. The van der Waals surface area contributed by atoms with Crippen molar-refractivity contribution in [1.82, 2.24) is 5.32 Å². The molecule has 1 aliphatic rings. The first-order chi connectivity index (χ1) is 19.2. The number of carbonyl (C=O) groups is 2. The number of nitrogens with zero attached hydrogens (tertiary/aromatic N) is 1. The third kappa shape index (κ3) is 11.3. The van der Waals surface area contributed by atoms with E-state index in [1.807, 2.05) is 54.6 Å². The summed E-state index contributed by atoms with van der Waals surface area (Å²) in [5, 5.41) is 2.82. The van der Waals surface area contributed by atoms with Gasteiger partial charge in [-0.1, -0.05) is 68.0 Å². The summed E-state index contributed by atoms with van der Waals surface area (Å²) < 4.78 is 21.8. The standard InChI is InChI=1S/C31H42N2O6/c1-2-3-17-36-19-21-38-23-24-39-22-20-37-18-16-32-30(34)14-15-31(35)33-25-28-10-5-4-8-26(28)12-13-27-9-6-7-11-29(27)33/h4-13H,2-3,14-25H2,1H3,(H,32,34)/b13-12-. The summed E-state index contributed by atoms with van der Waals surface area (Å²) in [6.07, 6.45) is 6.58. The van der Waals surface area contributed by atoms with E-state index in [0.29, 0.717) is 59.3 Å². The summed E-state index contributed by atoms with van der Waals surface area (Å²) in [5.74, 6) is -0.247. The van der Waals surface area contributed by atoms with Crippen LogP contribution >= 0.6 is 0 Å².